The number of hydrogen-bond acceptors (Lipinski definition) is 3. The summed E-state index contributed by atoms with van der Waals surface area (Å²) in [7, 11) is 0. The minimum atomic E-state index is 0. The Hall–Kier alpha value is -1.30. The lowest BCUT2D eigenvalue weighted by atomic mass is 9.90. The molecule has 0 radical (unpaired) electrons. The molecular formula is C22H32ClN3O2. The molecule has 28 heavy (non-hydrogen) atoms. The first-order chi connectivity index (χ1) is 13.2. The molecule has 0 spiro atoms. The van der Waals surface area contributed by atoms with Gasteiger partial charge in [-0.15, -0.1) is 12.4 Å². The van der Waals surface area contributed by atoms with Crippen LogP contribution >= 0.6 is 12.4 Å². The second-order valence-corrected chi connectivity index (χ2v) is 8.85. The molecule has 2 saturated carbocycles. The van der Waals surface area contributed by atoms with Gasteiger partial charge in [-0.1, -0.05) is 6.07 Å². The van der Waals surface area contributed by atoms with Crippen LogP contribution in [0.4, 0.5) is 0 Å². The molecule has 0 bridgehead atoms. The SMILES string of the molecule is Cc1ccc2[nH]c(=O)n(C3CCN(C4CCC(OC5CC5)CC4)CC3)c2c1.Cl. The van der Waals surface area contributed by atoms with Crippen molar-refractivity contribution in [3.63, 3.8) is 0 Å². The monoisotopic (exact) mass is 405 g/mol. The van der Waals surface area contributed by atoms with E-state index in [2.05, 4.69) is 28.9 Å². The number of halogens is 1. The van der Waals surface area contributed by atoms with Crippen molar-refractivity contribution in [3.8, 4) is 0 Å². The lowest BCUT2D eigenvalue weighted by Crippen LogP contribution is -2.45. The van der Waals surface area contributed by atoms with Crippen LogP contribution in [0.1, 0.15) is 63.0 Å². The molecule has 1 N–H and O–H groups in total. The first kappa shape index (κ1) is 20.0. The van der Waals surface area contributed by atoms with Crippen molar-refractivity contribution in [2.24, 2.45) is 0 Å². The number of likely N-dealkylation sites (tertiary alicyclic amines) is 1. The van der Waals surface area contributed by atoms with Gasteiger partial charge >= 0.3 is 5.69 Å². The maximum atomic E-state index is 12.5. The molecule has 0 atom stereocenters. The summed E-state index contributed by atoms with van der Waals surface area (Å²) in [4.78, 5) is 18.2. The number of aryl methyl sites for hydroxylation is 1. The van der Waals surface area contributed by atoms with E-state index in [0.29, 0.717) is 24.3 Å². The predicted octanol–water partition coefficient (Wildman–Crippen LogP) is 4.19. The van der Waals surface area contributed by atoms with Crippen molar-refractivity contribution in [2.75, 3.05) is 13.1 Å². The molecule has 2 aromatic rings. The molecule has 2 aliphatic carbocycles. The van der Waals surface area contributed by atoms with Gasteiger partial charge in [0.15, 0.2) is 0 Å². The van der Waals surface area contributed by atoms with Gasteiger partial charge in [0, 0.05) is 25.2 Å². The Balaban J connectivity index is 0.00000192. The highest BCUT2D eigenvalue weighted by Crippen LogP contribution is 2.34. The fourth-order valence-electron chi connectivity index (χ4n) is 5.13. The molecule has 5 nitrogen and oxygen atoms in total. The first-order valence-electron chi connectivity index (χ1n) is 10.8. The van der Waals surface area contributed by atoms with Crippen molar-refractivity contribution >= 4 is 23.4 Å². The van der Waals surface area contributed by atoms with Crippen LogP contribution in [-0.2, 0) is 4.74 Å². The molecule has 3 fully saturated rings. The number of aromatic nitrogens is 2. The number of nitrogens with zero attached hydrogens (tertiary/aromatic N) is 2. The summed E-state index contributed by atoms with van der Waals surface area (Å²) >= 11 is 0. The smallest absolute Gasteiger partial charge is 0.326 e. The average Bonchev–Trinajstić information content (AvgIpc) is 3.43. The Morgan fingerprint density at radius 1 is 0.929 bits per heavy atom. The van der Waals surface area contributed by atoms with Crippen LogP contribution in [0.5, 0.6) is 0 Å². The molecular weight excluding hydrogens is 374 g/mol. The largest absolute Gasteiger partial charge is 0.375 e. The Kier molecular flexibility index (Phi) is 5.86. The molecule has 6 heteroatoms. The Morgan fingerprint density at radius 3 is 2.21 bits per heavy atom. The van der Waals surface area contributed by atoms with E-state index in [9.17, 15) is 4.79 Å². The van der Waals surface area contributed by atoms with E-state index in [4.69, 9.17) is 4.74 Å². The van der Waals surface area contributed by atoms with Crippen LogP contribution < -0.4 is 5.69 Å². The summed E-state index contributed by atoms with van der Waals surface area (Å²) in [6, 6.07) is 7.26. The lowest BCUT2D eigenvalue weighted by Gasteiger charge is -2.41. The summed E-state index contributed by atoms with van der Waals surface area (Å²) in [5.74, 6) is 0. The maximum absolute atomic E-state index is 12.5. The summed E-state index contributed by atoms with van der Waals surface area (Å²) < 4.78 is 8.12. The zero-order chi connectivity index (χ0) is 18.4. The Labute approximate surface area is 172 Å². The Morgan fingerprint density at radius 2 is 1.57 bits per heavy atom. The van der Waals surface area contributed by atoms with E-state index in [1.54, 1.807) is 0 Å². The third-order valence-corrected chi connectivity index (χ3v) is 6.81. The summed E-state index contributed by atoms with van der Waals surface area (Å²) in [6.45, 7) is 4.30. The van der Waals surface area contributed by atoms with E-state index >= 15 is 0 Å². The number of nitrogens with one attached hydrogen (secondary N) is 1. The van der Waals surface area contributed by atoms with Crippen LogP contribution in [0.3, 0.4) is 0 Å². The maximum Gasteiger partial charge on any atom is 0.326 e. The van der Waals surface area contributed by atoms with Gasteiger partial charge in [-0.3, -0.25) is 4.57 Å². The van der Waals surface area contributed by atoms with E-state index < -0.39 is 0 Å². The predicted molar refractivity (Wildman–Crippen MR) is 115 cm³/mol. The summed E-state index contributed by atoms with van der Waals surface area (Å²) in [6.07, 6.45) is 10.8. The number of hydrogen-bond donors (Lipinski definition) is 1. The minimum Gasteiger partial charge on any atom is -0.375 e. The first-order valence-corrected chi connectivity index (χ1v) is 10.8. The highest BCUT2D eigenvalue weighted by atomic mass is 35.5. The van der Waals surface area contributed by atoms with Crippen molar-refractivity contribution in [1.82, 2.24) is 14.5 Å². The van der Waals surface area contributed by atoms with Crippen LogP contribution in [0.15, 0.2) is 23.0 Å². The van der Waals surface area contributed by atoms with Gasteiger partial charge in [-0.25, -0.2) is 4.79 Å². The van der Waals surface area contributed by atoms with Gasteiger partial charge in [0.05, 0.1) is 23.2 Å². The van der Waals surface area contributed by atoms with E-state index in [0.717, 1.165) is 37.0 Å². The molecule has 1 aromatic carbocycles. The molecule has 3 aliphatic rings. The molecule has 1 saturated heterocycles. The quantitative estimate of drug-likeness (QED) is 0.829. The van der Waals surface area contributed by atoms with Crippen molar-refractivity contribution in [3.05, 3.63) is 34.2 Å². The third kappa shape index (κ3) is 4.03. The number of rotatable bonds is 4. The Bertz CT molecular complexity index is 856. The normalized spacial score (nSPS) is 27.0. The van der Waals surface area contributed by atoms with E-state index in [-0.39, 0.29) is 18.1 Å². The van der Waals surface area contributed by atoms with Crippen molar-refractivity contribution in [2.45, 2.75) is 82.6 Å². The second-order valence-electron chi connectivity index (χ2n) is 8.85. The van der Waals surface area contributed by atoms with Crippen molar-refractivity contribution in [1.29, 1.82) is 0 Å². The van der Waals surface area contributed by atoms with Gasteiger partial charge in [0.1, 0.15) is 0 Å². The van der Waals surface area contributed by atoms with Crippen molar-refractivity contribution < 1.29 is 4.74 Å². The summed E-state index contributed by atoms with van der Waals surface area (Å²) in [5, 5.41) is 0. The third-order valence-electron chi connectivity index (χ3n) is 6.81. The average molecular weight is 406 g/mol. The molecule has 1 aromatic heterocycles. The number of piperidine rings is 1. The molecule has 0 amide bonds. The topological polar surface area (TPSA) is 50.3 Å². The number of ether oxygens (including phenoxy) is 1. The van der Waals surface area contributed by atoms with Gasteiger partial charge in [0.25, 0.3) is 0 Å². The zero-order valence-corrected chi connectivity index (χ0v) is 17.5. The lowest BCUT2D eigenvalue weighted by molar-refractivity contribution is -0.00683. The van der Waals surface area contributed by atoms with Crippen LogP contribution in [-0.4, -0.2) is 45.8 Å². The number of aromatic amines is 1. The minimum absolute atomic E-state index is 0. The van der Waals surface area contributed by atoms with Gasteiger partial charge in [-0.05, 0) is 76.0 Å². The molecule has 0 unspecified atom stereocenters. The van der Waals surface area contributed by atoms with Gasteiger partial charge < -0.3 is 14.6 Å². The highest BCUT2D eigenvalue weighted by molar-refractivity contribution is 5.85. The number of benzene rings is 1. The number of H-pyrrole nitrogens is 1. The second kappa shape index (κ2) is 8.21. The number of imidazole rings is 1. The zero-order valence-electron chi connectivity index (χ0n) is 16.7. The standard InChI is InChI=1S/C22H31N3O2.ClH/c1-15-2-9-20-21(14-15)25(22(26)23-20)17-10-12-24(13-11-17)16-3-5-18(6-4-16)27-19-7-8-19;/h2,9,14,16-19H,3-8,10-13H2,1H3,(H,23,26);1H. The molecule has 1 aliphatic heterocycles. The highest BCUT2D eigenvalue weighted by Gasteiger charge is 2.33. The van der Waals surface area contributed by atoms with E-state index in [1.165, 1.54) is 44.1 Å². The fourth-order valence-corrected chi connectivity index (χ4v) is 5.13. The van der Waals surface area contributed by atoms with Crippen LogP contribution in [0.2, 0.25) is 0 Å². The molecule has 154 valence electrons. The molecule has 5 rings (SSSR count). The van der Waals surface area contributed by atoms with Gasteiger partial charge in [0.2, 0.25) is 0 Å². The van der Waals surface area contributed by atoms with Crippen LogP contribution in [0.25, 0.3) is 11.0 Å². The summed E-state index contributed by atoms with van der Waals surface area (Å²) in [5.41, 5.74) is 3.28. The van der Waals surface area contributed by atoms with Crippen LogP contribution in [0, 0.1) is 6.92 Å². The van der Waals surface area contributed by atoms with E-state index in [1.807, 2.05) is 10.6 Å². The molecule has 2 heterocycles. The van der Waals surface area contributed by atoms with Gasteiger partial charge in [-0.2, -0.15) is 0 Å². The number of fused-ring (bicyclic) bond motifs is 1. The fraction of sp³-hybridized carbons (Fsp3) is 0.682.